The fourth-order valence-corrected chi connectivity index (χ4v) is 3.53. The van der Waals surface area contributed by atoms with Crippen LogP contribution < -0.4 is 19.7 Å². The molecule has 148 valence electrons. The number of nitrogens with one attached hydrogen (secondary N) is 1. The zero-order valence-electron chi connectivity index (χ0n) is 16.2. The summed E-state index contributed by atoms with van der Waals surface area (Å²) in [5.41, 5.74) is 2.57. The summed E-state index contributed by atoms with van der Waals surface area (Å²) in [6.45, 7) is 5.13. The molecule has 1 N–H and O–H groups in total. The second kappa shape index (κ2) is 8.18. The lowest BCUT2D eigenvalue weighted by Gasteiger charge is -2.29. The summed E-state index contributed by atoms with van der Waals surface area (Å²) in [5.74, 6) is 2.00. The molecule has 0 unspecified atom stereocenters. The molecule has 0 atom stereocenters. The van der Waals surface area contributed by atoms with Gasteiger partial charge < -0.3 is 19.7 Å². The third kappa shape index (κ3) is 3.59. The van der Waals surface area contributed by atoms with Gasteiger partial charge in [-0.25, -0.2) is 9.97 Å². The van der Waals surface area contributed by atoms with Gasteiger partial charge in [-0.3, -0.25) is 4.79 Å². The minimum Gasteiger partial charge on any atom is -0.496 e. The molecule has 2 heterocycles. The molecule has 0 aliphatic carbocycles. The molecule has 0 bridgehead atoms. The number of fused-ring (bicyclic) bond motifs is 3. The number of rotatable bonds is 6. The molecular weight excluding hydrogens is 368 g/mol. The van der Waals surface area contributed by atoms with Crippen LogP contribution in [0.1, 0.15) is 5.56 Å². The molecule has 1 aliphatic rings. The van der Waals surface area contributed by atoms with Gasteiger partial charge in [-0.2, -0.15) is 0 Å². The third-order valence-corrected chi connectivity index (χ3v) is 4.91. The number of carbonyl (C=O) groups is 1. The topological polar surface area (TPSA) is 76.6 Å². The normalized spacial score (nSPS) is 12.8. The first-order valence-corrected chi connectivity index (χ1v) is 9.43. The summed E-state index contributed by atoms with van der Waals surface area (Å²) in [5, 5.41) is 4.16. The zero-order chi connectivity index (χ0) is 20.2. The molecule has 1 aliphatic heterocycles. The van der Waals surface area contributed by atoms with Gasteiger partial charge >= 0.3 is 0 Å². The van der Waals surface area contributed by atoms with Gasteiger partial charge in [-0.05, 0) is 36.3 Å². The number of amides is 1. The van der Waals surface area contributed by atoms with Crippen LogP contribution in [0.5, 0.6) is 11.5 Å². The molecule has 7 heteroatoms. The molecule has 0 radical (unpaired) electrons. The van der Waals surface area contributed by atoms with Crippen LogP contribution in [0, 0.1) is 0 Å². The van der Waals surface area contributed by atoms with Crippen LogP contribution in [0.15, 0.2) is 55.4 Å². The molecule has 0 fully saturated rings. The molecule has 0 spiro atoms. The van der Waals surface area contributed by atoms with Crippen molar-refractivity contribution in [2.45, 2.75) is 6.42 Å². The van der Waals surface area contributed by atoms with Gasteiger partial charge in [-0.1, -0.05) is 24.8 Å². The van der Waals surface area contributed by atoms with E-state index in [-0.39, 0.29) is 5.91 Å². The molecule has 3 aromatic rings. The van der Waals surface area contributed by atoms with Gasteiger partial charge in [-0.15, -0.1) is 0 Å². The van der Waals surface area contributed by atoms with Crippen LogP contribution >= 0.6 is 0 Å². The van der Waals surface area contributed by atoms with E-state index in [1.165, 1.54) is 12.4 Å². The van der Waals surface area contributed by atoms with Gasteiger partial charge in [0.2, 0.25) is 0 Å². The largest absolute Gasteiger partial charge is 0.496 e. The second-order valence-corrected chi connectivity index (χ2v) is 6.56. The summed E-state index contributed by atoms with van der Waals surface area (Å²) in [7, 11) is 1.67. The first-order valence-electron chi connectivity index (χ1n) is 9.43. The quantitative estimate of drug-likeness (QED) is 0.652. The summed E-state index contributed by atoms with van der Waals surface area (Å²) >= 11 is 0. The van der Waals surface area contributed by atoms with E-state index in [0.29, 0.717) is 37.0 Å². The lowest BCUT2D eigenvalue weighted by atomic mass is 10.1. The number of methoxy groups -OCH3 is 1. The lowest BCUT2D eigenvalue weighted by Crippen LogP contribution is -2.36. The number of benzene rings is 2. The van der Waals surface area contributed by atoms with Gasteiger partial charge in [0.05, 0.1) is 30.2 Å². The highest BCUT2D eigenvalue weighted by Crippen LogP contribution is 2.40. The molecule has 1 amide bonds. The Bertz CT molecular complexity index is 1070. The summed E-state index contributed by atoms with van der Waals surface area (Å²) in [6, 6.07) is 11.7. The van der Waals surface area contributed by atoms with Crippen LogP contribution in [-0.2, 0) is 11.2 Å². The van der Waals surface area contributed by atoms with Gasteiger partial charge in [0, 0.05) is 6.54 Å². The number of para-hydroxylation sites is 1. The first kappa shape index (κ1) is 18.7. The number of aromatic nitrogens is 2. The predicted octanol–water partition coefficient (Wildman–Crippen LogP) is 3.20. The second-order valence-electron chi connectivity index (χ2n) is 6.56. The SMILES string of the molecule is C=CC(=O)N1CCOc2c1ccc1ncnc(NCCc3ccccc3OC)c21. The molecule has 29 heavy (non-hydrogen) atoms. The summed E-state index contributed by atoms with van der Waals surface area (Å²) in [4.78, 5) is 22.7. The molecule has 2 aromatic carbocycles. The van der Waals surface area contributed by atoms with Crippen molar-refractivity contribution >= 4 is 28.3 Å². The molecular formula is C22H22N4O3. The van der Waals surface area contributed by atoms with E-state index < -0.39 is 0 Å². The number of hydrogen-bond donors (Lipinski definition) is 1. The van der Waals surface area contributed by atoms with Crippen LogP contribution in [0.2, 0.25) is 0 Å². The van der Waals surface area contributed by atoms with Crippen molar-refractivity contribution in [1.82, 2.24) is 9.97 Å². The van der Waals surface area contributed by atoms with Crippen molar-refractivity contribution in [2.24, 2.45) is 0 Å². The number of ether oxygens (including phenoxy) is 2. The smallest absolute Gasteiger partial charge is 0.250 e. The van der Waals surface area contributed by atoms with Crippen molar-refractivity contribution in [3.05, 3.63) is 60.9 Å². The minimum absolute atomic E-state index is 0.156. The maximum atomic E-state index is 12.2. The average molecular weight is 390 g/mol. The van der Waals surface area contributed by atoms with Crippen molar-refractivity contribution in [1.29, 1.82) is 0 Å². The molecule has 7 nitrogen and oxygen atoms in total. The van der Waals surface area contributed by atoms with E-state index in [4.69, 9.17) is 9.47 Å². The molecule has 0 saturated heterocycles. The summed E-state index contributed by atoms with van der Waals surface area (Å²) in [6.07, 6.45) is 3.61. The zero-order valence-corrected chi connectivity index (χ0v) is 16.2. The molecule has 0 saturated carbocycles. The number of nitrogens with zero attached hydrogens (tertiary/aromatic N) is 3. The van der Waals surface area contributed by atoms with Crippen molar-refractivity contribution in [3.8, 4) is 11.5 Å². The minimum atomic E-state index is -0.156. The van der Waals surface area contributed by atoms with Crippen LogP contribution in [-0.4, -0.2) is 42.7 Å². The number of anilines is 2. The van der Waals surface area contributed by atoms with E-state index in [1.807, 2.05) is 36.4 Å². The molecule has 1 aromatic heterocycles. The highest BCUT2D eigenvalue weighted by atomic mass is 16.5. The summed E-state index contributed by atoms with van der Waals surface area (Å²) < 4.78 is 11.4. The highest BCUT2D eigenvalue weighted by Gasteiger charge is 2.25. The number of carbonyl (C=O) groups excluding carboxylic acids is 1. The lowest BCUT2D eigenvalue weighted by molar-refractivity contribution is -0.114. The van der Waals surface area contributed by atoms with Crippen LogP contribution in [0.4, 0.5) is 11.5 Å². The number of hydrogen-bond acceptors (Lipinski definition) is 6. The van der Waals surface area contributed by atoms with Crippen molar-refractivity contribution in [2.75, 3.05) is 37.0 Å². The Morgan fingerprint density at radius 3 is 3.00 bits per heavy atom. The Hall–Kier alpha value is -3.61. The maximum Gasteiger partial charge on any atom is 0.250 e. The molecule has 4 rings (SSSR count). The monoisotopic (exact) mass is 390 g/mol. The van der Waals surface area contributed by atoms with E-state index in [9.17, 15) is 4.79 Å². The Labute approximate surface area is 169 Å². The maximum absolute atomic E-state index is 12.2. The average Bonchev–Trinajstić information content (AvgIpc) is 2.78. The van der Waals surface area contributed by atoms with E-state index in [2.05, 4.69) is 21.9 Å². The van der Waals surface area contributed by atoms with E-state index in [1.54, 1.807) is 12.0 Å². The Morgan fingerprint density at radius 1 is 1.31 bits per heavy atom. The Balaban J connectivity index is 1.65. The van der Waals surface area contributed by atoms with Crippen molar-refractivity contribution < 1.29 is 14.3 Å². The van der Waals surface area contributed by atoms with Crippen LogP contribution in [0.3, 0.4) is 0 Å². The van der Waals surface area contributed by atoms with E-state index in [0.717, 1.165) is 28.6 Å². The van der Waals surface area contributed by atoms with Crippen LogP contribution in [0.25, 0.3) is 10.9 Å². The highest BCUT2D eigenvalue weighted by molar-refractivity contribution is 6.07. The third-order valence-electron chi connectivity index (χ3n) is 4.91. The Kier molecular flexibility index (Phi) is 5.29. The van der Waals surface area contributed by atoms with Crippen molar-refractivity contribution in [3.63, 3.8) is 0 Å². The van der Waals surface area contributed by atoms with Gasteiger partial charge in [0.1, 0.15) is 24.5 Å². The predicted molar refractivity (Wildman–Crippen MR) is 113 cm³/mol. The fourth-order valence-electron chi connectivity index (χ4n) is 3.53. The van der Waals surface area contributed by atoms with E-state index >= 15 is 0 Å². The van der Waals surface area contributed by atoms with Gasteiger partial charge in [0.15, 0.2) is 5.75 Å². The fraction of sp³-hybridized carbons (Fsp3) is 0.227. The van der Waals surface area contributed by atoms with Gasteiger partial charge in [0.25, 0.3) is 5.91 Å². The first-order chi connectivity index (χ1) is 14.2. The standard InChI is InChI=1S/C22H22N4O3/c1-3-19(27)26-12-13-29-21-17(26)9-8-16-20(21)22(25-14-24-16)23-11-10-15-6-4-5-7-18(15)28-2/h3-9,14H,1,10-13H2,2H3,(H,23,24,25). The Morgan fingerprint density at radius 2 is 2.17 bits per heavy atom.